The van der Waals surface area contributed by atoms with E-state index in [-0.39, 0.29) is 11.8 Å². The Morgan fingerprint density at radius 3 is 2.64 bits per heavy atom. The molecule has 2 rings (SSSR count). The van der Waals surface area contributed by atoms with E-state index < -0.39 is 0 Å². The first-order chi connectivity index (χ1) is 11.9. The van der Waals surface area contributed by atoms with Gasteiger partial charge in [0.05, 0.1) is 17.1 Å². The zero-order valence-electron chi connectivity index (χ0n) is 15.2. The number of halogens is 1. The van der Waals surface area contributed by atoms with Crippen LogP contribution in [0.5, 0.6) is 5.75 Å². The lowest BCUT2D eigenvalue weighted by atomic mass is 10.1. The molecule has 0 atom stereocenters. The van der Waals surface area contributed by atoms with E-state index in [0.29, 0.717) is 19.4 Å². The molecule has 0 radical (unpaired) electrons. The molecular formula is C19H25BrN2O3. The first-order valence-corrected chi connectivity index (χ1v) is 9.35. The SMILES string of the molecule is CCCCC(=O)n1c(C)c(CCNC(C)=O)c2cc(OC)c(Br)cc21. The largest absolute Gasteiger partial charge is 0.496 e. The third-order valence-corrected chi connectivity index (χ3v) is 4.97. The zero-order valence-corrected chi connectivity index (χ0v) is 16.8. The Morgan fingerprint density at radius 2 is 2.04 bits per heavy atom. The normalized spacial score (nSPS) is 10.9. The fourth-order valence-corrected chi connectivity index (χ4v) is 3.57. The summed E-state index contributed by atoms with van der Waals surface area (Å²) in [5.74, 6) is 0.777. The Kier molecular flexibility index (Phi) is 6.64. The van der Waals surface area contributed by atoms with Crippen molar-refractivity contribution in [1.29, 1.82) is 0 Å². The van der Waals surface area contributed by atoms with Gasteiger partial charge in [0.15, 0.2) is 0 Å². The maximum Gasteiger partial charge on any atom is 0.231 e. The van der Waals surface area contributed by atoms with E-state index in [0.717, 1.165) is 45.2 Å². The predicted molar refractivity (Wildman–Crippen MR) is 103 cm³/mol. The summed E-state index contributed by atoms with van der Waals surface area (Å²) in [5, 5.41) is 3.82. The van der Waals surface area contributed by atoms with Crippen LogP contribution < -0.4 is 10.1 Å². The summed E-state index contributed by atoms with van der Waals surface area (Å²) in [5.41, 5.74) is 2.88. The van der Waals surface area contributed by atoms with Crippen molar-refractivity contribution < 1.29 is 14.3 Å². The number of carbonyl (C=O) groups excluding carboxylic acids is 2. The highest BCUT2D eigenvalue weighted by Gasteiger charge is 2.20. The molecule has 2 aromatic rings. The third-order valence-electron chi connectivity index (χ3n) is 4.35. The Labute approximate surface area is 156 Å². The lowest BCUT2D eigenvalue weighted by molar-refractivity contribution is -0.118. The molecule has 1 heterocycles. The molecule has 0 aliphatic rings. The number of ether oxygens (including phenoxy) is 1. The Balaban J connectivity index is 2.55. The first-order valence-electron chi connectivity index (χ1n) is 8.55. The van der Waals surface area contributed by atoms with Gasteiger partial charge in [0.2, 0.25) is 11.8 Å². The van der Waals surface area contributed by atoms with Crippen molar-refractivity contribution in [3.8, 4) is 5.75 Å². The molecule has 1 amide bonds. The average Bonchev–Trinajstić information content (AvgIpc) is 2.83. The van der Waals surface area contributed by atoms with E-state index >= 15 is 0 Å². The Bertz CT molecular complexity index is 796. The van der Waals surface area contributed by atoms with Gasteiger partial charge >= 0.3 is 0 Å². The first kappa shape index (κ1) is 19.5. The van der Waals surface area contributed by atoms with Crippen molar-refractivity contribution in [2.45, 2.75) is 46.5 Å². The molecule has 136 valence electrons. The van der Waals surface area contributed by atoms with Crippen LogP contribution in [0.25, 0.3) is 10.9 Å². The molecule has 0 unspecified atom stereocenters. The highest BCUT2D eigenvalue weighted by atomic mass is 79.9. The highest BCUT2D eigenvalue weighted by Crippen LogP contribution is 2.35. The monoisotopic (exact) mass is 408 g/mol. The van der Waals surface area contributed by atoms with Crippen molar-refractivity contribution in [2.75, 3.05) is 13.7 Å². The molecule has 6 heteroatoms. The van der Waals surface area contributed by atoms with Crippen LogP contribution in [0.2, 0.25) is 0 Å². The van der Waals surface area contributed by atoms with Crippen LogP contribution in [0.3, 0.4) is 0 Å². The second-order valence-electron chi connectivity index (χ2n) is 6.13. The molecule has 0 aliphatic heterocycles. The van der Waals surface area contributed by atoms with Crippen LogP contribution in [0.15, 0.2) is 16.6 Å². The minimum Gasteiger partial charge on any atom is -0.496 e. The number of hydrogen-bond donors (Lipinski definition) is 1. The van der Waals surface area contributed by atoms with E-state index in [1.807, 2.05) is 19.1 Å². The van der Waals surface area contributed by atoms with Crippen molar-refractivity contribution in [2.24, 2.45) is 0 Å². The van der Waals surface area contributed by atoms with Gasteiger partial charge in [-0.3, -0.25) is 14.2 Å². The lowest BCUT2D eigenvalue weighted by Gasteiger charge is -2.08. The maximum absolute atomic E-state index is 12.7. The van der Waals surface area contributed by atoms with Gasteiger partial charge in [-0.15, -0.1) is 0 Å². The average molecular weight is 409 g/mol. The minimum atomic E-state index is -0.0549. The summed E-state index contributed by atoms with van der Waals surface area (Å²) in [6, 6.07) is 3.89. The fourth-order valence-electron chi connectivity index (χ4n) is 3.08. The van der Waals surface area contributed by atoms with Gasteiger partial charge in [-0.05, 0) is 53.4 Å². The van der Waals surface area contributed by atoms with E-state index in [9.17, 15) is 9.59 Å². The van der Waals surface area contributed by atoms with Gasteiger partial charge < -0.3 is 10.1 Å². The number of rotatable bonds is 7. The molecule has 25 heavy (non-hydrogen) atoms. The molecule has 1 aromatic heterocycles. The lowest BCUT2D eigenvalue weighted by Crippen LogP contribution is -2.22. The predicted octanol–water partition coefficient (Wildman–Crippen LogP) is 4.23. The molecule has 0 bridgehead atoms. The van der Waals surface area contributed by atoms with Crippen LogP contribution >= 0.6 is 15.9 Å². The summed E-state index contributed by atoms with van der Waals surface area (Å²) in [4.78, 5) is 23.9. The van der Waals surface area contributed by atoms with Crippen molar-refractivity contribution in [3.63, 3.8) is 0 Å². The summed E-state index contributed by atoms with van der Waals surface area (Å²) in [6.45, 7) is 6.09. The number of methoxy groups -OCH3 is 1. The van der Waals surface area contributed by atoms with E-state index in [1.54, 1.807) is 11.7 Å². The van der Waals surface area contributed by atoms with Crippen LogP contribution in [0, 0.1) is 6.92 Å². The molecule has 1 N–H and O–H groups in total. The quantitative estimate of drug-likeness (QED) is 0.745. The van der Waals surface area contributed by atoms with Crippen LogP contribution in [-0.4, -0.2) is 30.0 Å². The highest BCUT2D eigenvalue weighted by molar-refractivity contribution is 9.10. The molecule has 0 saturated carbocycles. The molecular weight excluding hydrogens is 384 g/mol. The summed E-state index contributed by atoms with van der Waals surface area (Å²) in [7, 11) is 1.62. The standard InChI is InChI=1S/C19H25BrN2O3/c1-5-6-7-19(24)22-12(2)14(8-9-21-13(3)23)15-10-18(25-4)16(20)11-17(15)22/h10-11H,5-9H2,1-4H3,(H,21,23). The number of aromatic nitrogens is 1. The number of unbranched alkanes of at least 4 members (excludes halogenated alkanes) is 1. The van der Waals surface area contributed by atoms with Gasteiger partial charge in [0, 0.05) is 31.0 Å². The minimum absolute atomic E-state index is 0.0549. The molecule has 5 nitrogen and oxygen atoms in total. The molecule has 1 aromatic carbocycles. The van der Waals surface area contributed by atoms with Crippen LogP contribution in [-0.2, 0) is 11.2 Å². The fraction of sp³-hybridized carbons (Fsp3) is 0.474. The van der Waals surface area contributed by atoms with E-state index in [2.05, 4.69) is 28.2 Å². The summed E-state index contributed by atoms with van der Waals surface area (Å²) in [6.07, 6.45) is 3.05. The van der Waals surface area contributed by atoms with Crippen LogP contribution in [0.1, 0.15) is 49.2 Å². The van der Waals surface area contributed by atoms with Gasteiger partial charge in [-0.2, -0.15) is 0 Å². The molecule has 0 fully saturated rings. The summed E-state index contributed by atoms with van der Waals surface area (Å²) >= 11 is 3.51. The molecule has 0 aliphatic carbocycles. The number of carbonyl (C=O) groups is 2. The van der Waals surface area contributed by atoms with Gasteiger partial charge in [-0.1, -0.05) is 13.3 Å². The Hall–Kier alpha value is -1.82. The van der Waals surface area contributed by atoms with Gasteiger partial charge in [-0.25, -0.2) is 0 Å². The second kappa shape index (κ2) is 8.52. The van der Waals surface area contributed by atoms with Crippen molar-refractivity contribution in [3.05, 3.63) is 27.9 Å². The molecule has 0 saturated heterocycles. The molecule has 0 spiro atoms. The number of benzene rings is 1. The second-order valence-corrected chi connectivity index (χ2v) is 6.99. The number of nitrogens with zero attached hydrogens (tertiary/aromatic N) is 1. The maximum atomic E-state index is 12.7. The third kappa shape index (κ3) is 4.24. The van der Waals surface area contributed by atoms with E-state index in [4.69, 9.17) is 4.74 Å². The topological polar surface area (TPSA) is 60.3 Å². The number of nitrogens with one attached hydrogen (secondary N) is 1. The number of amides is 1. The zero-order chi connectivity index (χ0) is 18.6. The Morgan fingerprint density at radius 1 is 1.32 bits per heavy atom. The van der Waals surface area contributed by atoms with Crippen LogP contribution in [0.4, 0.5) is 0 Å². The number of fused-ring (bicyclic) bond motifs is 1. The van der Waals surface area contributed by atoms with E-state index in [1.165, 1.54) is 6.92 Å². The smallest absolute Gasteiger partial charge is 0.231 e. The van der Waals surface area contributed by atoms with Crippen molar-refractivity contribution in [1.82, 2.24) is 9.88 Å². The number of hydrogen-bond acceptors (Lipinski definition) is 3. The van der Waals surface area contributed by atoms with Gasteiger partial charge in [0.25, 0.3) is 0 Å². The summed E-state index contributed by atoms with van der Waals surface area (Å²) < 4.78 is 8.04. The van der Waals surface area contributed by atoms with Crippen molar-refractivity contribution >= 4 is 38.6 Å². The van der Waals surface area contributed by atoms with Gasteiger partial charge in [0.1, 0.15) is 5.75 Å².